The molecule has 5 nitrogen and oxygen atoms in total. The summed E-state index contributed by atoms with van der Waals surface area (Å²) in [7, 11) is 0. The SMILES string of the molecule is CC(C)(C)OC1CCC(OC(=O)C(Cl)c2ccccc2F)(C(=O)O)CC1. The summed E-state index contributed by atoms with van der Waals surface area (Å²) >= 11 is 6.03. The molecule has 1 fully saturated rings. The zero-order valence-electron chi connectivity index (χ0n) is 15.1. The standard InChI is InChI=1S/C19H24ClFO5/c1-18(2,3)25-12-8-10-19(11-9-12,17(23)24)26-16(22)15(20)13-6-4-5-7-14(13)21/h4-7,12,15H,8-11H2,1-3H3,(H,23,24). The molecule has 26 heavy (non-hydrogen) atoms. The van der Waals surface area contributed by atoms with Crippen LogP contribution in [0.4, 0.5) is 4.39 Å². The Morgan fingerprint density at radius 3 is 2.35 bits per heavy atom. The van der Waals surface area contributed by atoms with Gasteiger partial charge >= 0.3 is 11.9 Å². The number of ether oxygens (including phenoxy) is 2. The van der Waals surface area contributed by atoms with Gasteiger partial charge in [0.25, 0.3) is 0 Å². The van der Waals surface area contributed by atoms with E-state index in [9.17, 15) is 19.1 Å². The number of rotatable bonds is 5. The van der Waals surface area contributed by atoms with Crippen molar-refractivity contribution in [2.24, 2.45) is 0 Å². The molecule has 0 aliphatic heterocycles. The van der Waals surface area contributed by atoms with Crippen molar-refractivity contribution in [1.82, 2.24) is 0 Å². The van der Waals surface area contributed by atoms with Gasteiger partial charge < -0.3 is 14.6 Å². The Kier molecular flexibility index (Phi) is 6.29. The highest BCUT2D eigenvalue weighted by Crippen LogP contribution is 2.37. The van der Waals surface area contributed by atoms with Gasteiger partial charge in [-0.05, 0) is 39.7 Å². The van der Waals surface area contributed by atoms with Crippen molar-refractivity contribution in [1.29, 1.82) is 0 Å². The van der Waals surface area contributed by atoms with Crippen molar-refractivity contribution in [3.63, 3.8) is 0 Å². The number of hydrogen-bond donors (Lipinski definition) is 1. The molecular formula is C19H24ClFO5. The average molecular weight is 387 g/mol. The van der Waals surface area contributed by atoms with Crippen LogP contribution in [0.15, 0.2) is 24.3 Å². The number of alkyl halides is 1. The lowest BCUT2D eigenvalue weighted by atomic mass is 9.82. The third-order valence-electron chi connectivity index (χ3n) is 4.33. The maximum atomic E-state index is 13.8. The van der Waals surface area contributed by atoms with E-state index >= 15 is 0 Å². The van der Waals surface area contributed by atoms with Crippen LogP contribution in [0.3, 0.4) is 0 Å². The number of aliphatic carboxylic acids is 1. The van der Waals surface area contributed by atoms with Gasteiger partial charge in [-0.3, -0.25) is 4.79 Å². The summed E-state index contributed by atoms with van der Waals surface area (Å²) in [4.78, 5) is 24.2. The Morgan fingerprint density at radius 2 is 1.85 bits per heavy atom. The van der Waals surface area contributed by atoms with E-state index in [0.717, 1.165) is 0 Å². The molecule has 0 saturated heterocycles. The van der Waals surface area contributed by atoms with Gasteiger partial charge in [0.1, 0.15) is 5.82 Å². The van der Waals surface area contributed by atoms with Crippen LogP contribution in [-0.2, 0) is 19.1 Å². The van der Waals surface area contributed by atoms with Crippen LogP contribution < -0.4 is 0 Å². The average Bonchev–Trinajstić information content (AvgIpc) is 2.55. The molecule has 144 valence electrons. The van der Waals surface area contributed by atoms with Crippen molar-refractivity contribution < 1.29 is 28.6 Å². The minimum Gasteiger partial charge on any atom is -0.478 e. The van der Waals surface area contributed by atoms with Crippen molar-refractivity contribution in [3.8, 4) is 0 Å². The summed E-state index contributed by atoms with van der Waals surface area (Å²) < 4.78 is 25.0. The molecular weight excluding hydrogens is 363 g/mol. The monoisotopic (exact) mass is 386 g/mol. The minimum absolute atomic E-state index is 0.0375. The number of carboxylic acids is 1. The van der Waals surface area contributed by atoms with Crippen LogP contribution in [0.1, 0.15) is 57.4 Å². The molecule has 1 saturated carbocycles. The van der Waals surface area contributed by atoms with Gasteiger partial charge in [-0.2, -0.15) is 0 Å². The molecule has 1 aromatic carbocycles. The van der Waals surface area contributed by atoms with E-state index in [0.29, 0.717) is 12.8 Å². The van der Waals surface area contributed by atoms with Gasteiger partial charge in [0.2, 0.25) is 5.60 Å². The number of esters is 1. The highest BCUT2D eigenvalue weighted by Gasteiger charge is 2.47. The quantitative estimate of drug-likeness (QED) is 0.605. The second kappa shape index (κ2) is 7.92. The maximum Gasteiger partial charge on any atom is 0.348 e. The van der Waals surface area contributed by atoms with Gasteiger partial charge in [-0.1, -0.05) is 18.2 Å². The van der Waals surface area contributed by atoms with Gasteiger partial charge in [-0.15, -0.1) is 11.6 Å². The summed E-state index contributed by atoms with van der Waals surface area (Å²) in [5, 5.41) is 8.22. The molecule has 0 spiro atoms. The van der Waals surface area contributed by atoms with E-state index in [1.807, 2.05) is 20.8 Å². The largest absolute Gasteiger partial charge is 0.478 e. The molecule has 1 aliphatic carbocycles. The Hall–Kier alpha value is -1.66. The highest BCUT2D eigenvalue weighted by molar-refractivity contribution is 6.30. The number of hydrogen-bond acceptors (Lipinski definition) is 4. The zero-order chi connectivity index (χ0) is 19.5. The van der Waals surface area contributed by atoms with E-state index in [2.05, 4.69) is 0 Å². The molecule has 1 atom stereocenters. The molecule has 1 unspecified atom stereocenters. The number of carbonyl (C=O) groups is 2. The highest BCUT2D eigenvalue weighted by atomic mass is 35.5. The topological polar surface area (TPSA) is 72.8 Å². The lowest BCUT2D eigenvalue weighted by molar-refractivity contribution is -0.188. The fraction of sp³-hybridized carbons (Fsp3) is 0.579. The first-order valence-electron chi connectivity index (χ1n) is 8.57. The van der Waals surface area contributed by atoms with E-state index in [1.165, 1.54) is 18.2 Å². The molecule has 2 rings (SSSR count). The number of carbonyl (C=O) groups excluding carboxylic acids is 1. The van der Waals surface area contributed by atoms with Crippen LogP contribution in [0.5, 0.6) is 0 Å². The zero-order valence-corrected chi connectivity index (χ0v) is 15.9. The van der Waals surface area contributed by atoms with Crippen LogP contribution in [0.25, 0.3) is 0 Å². The van der Waals surface area contributed by atoms with Gasteiger partial charge in [0, 0.05) is 18.4 Å². The summed E-state index contributed by atoms with van der Waals surface area (Å²) in [5.74, 6) is -2.83. The van der Waals surface area contributed by atoms with Crippen LogP contribution in [0, 0.1) is 5.82 Å². The third-order valence-corrected chi connectivity index (χ3v) is 4.74. The van der Waals surface area contributed by atoms with E-state index in [4.69, 9.17) is 21.1 Å². The molecule has 0 amide bonds. The summed E-state index contributed by atoms with van der Waals surface area (Å²) in [6.07, 6.45) is 1.04. The third kappa shape index (κ3) is 4.95. The normalized spacial score (nSPS) is 24.7. The van der Waals surface area contributed by atoms with Crippen molar-refractivity contribution in [2.45, 2.75) is 69.1 Å². The van der Waals surface area contributed by atoms with Gasteiger partial charge in [0.05, 0.1) is 11.7 Å². The van der Waals surface area contributed by atoms with E-state index in [-0.39, 0.29) is 30.1 Å². The Balaban J connectivity index is 2.08. The molecule has 1 aliphatic rings. The number of carboxylic acid groups (broad SMARTS) is 1. The summed E-state index contributed by atoms with van der Waals surface area (Å²) in [5.41, 5.74) is -2.03. The minimum atomic E-state index is -1.66. The van der Waals surface area contributed by atoms with E-state index in [1.54, 1.807) is 6.07 Å². The molecule has 7 heteroatoms. The molecule has 0 heterocycles. The molecule has 0 bridgehead atoms. The second-order valence-electron chi connectivity index (χ2n) is 7.53. The first kappa shape index (κ1) is 20.6. The Labute approximate surface area is 157 Å². The van der Waals surface area contributed by atoms with Gasteiger partial charge in [-0.25, -0.2) is 9.18 Å². The van der Waals surface area contributed by atoms with Crippen LogP contribution >= 0.6 is 11.6 Å². The predicted octanol–water partition coefficient (Wildman–Crippen LogP) is 4.23. The fourth-order valence-electron chi connectivity index (χ4n) is 3.09. The first-order chi connectivity index (χ1) is 12.0. The lowest BCUT2D eigenvalue weighted by Crippen LogP contribution is -2.48. The first-order valence-corrected chi connectivity index (χ1v) is 9.00. The Bertz CT molecular complexity index is 662. The predicted molar refractivity (Wildman–Crippen MR) is 94.5 cm³/mol. The van der Waals surface area contributed by atoms with Gasteiger partial charge in [0.15, 0.2) is 5.38 Å². The van der Waals surface area contributed by atoms with Crippen molar-refractivity contribution in [3.05, 3.63) is 35.6 Å². The molecule has 0 aromatic heterocycles. The summed E-state index contributed by atoms with van der Waals surface area (Å²) in [6, 6.07) is 5.57. The van der Waals surface area contributed by atoms with Crippen molar-refractivity contribution >= 4 is 23.5 Å². The van der Waals surface area contributed by atoms with Crippen LogP contribution in [-0.4, -0.2) is 34.4 Å². The molecule has 1 aromatic rings. The number of benzene rings is 1. The Morgan fingerprint density at radius 1 is 1.27 bits per heavy atom. The fourth-order valence-corrected chi connectivity index (χ4v) is 3.31. The molecule has 1 N–H and O–H groups in total. The van der Waals surface area contributed by atoms with E-state index < -0.39 is 28.7 Å². The second-order valence-corrected chi connectivity index (χ2v) is 7.97. The maximum absolute atomic E-state index is 13.8. The molecule has 0 radical (unpaired) electrons. The lowest BCUT2D eigenvalue weighted by Gasteiger charge is -2.38. The number of halogens is 2. The van der Waals surface area contributed by atoms with Crippen LogP contribution in [0.2, 0.25) is 0 Å². The smallest absolute Gasteiger partial charge is 0.348 e. The summed E-state index contributed by atoms with van der Waals surface area (Å²) in [6.45, 7) is 5.79. The van der Waals surface area contributed by atoms with Crippen molar-refractivity contribution in [2.75, 3.05) is 0 Å².